The summed E-state index contributed by atoms with van der Waals surface area (Å²) in [5.41, 5.74) is 6.93. The summed E-state index contributed by atoms with van der Waals surface area (Å²) in [5.74, 6) is -0.0471. The lowest BCUT2D eigenvalue weighted by Gasteiger charge is -2.02. The van der Waals surface area contributed by atoms with Crippen molar-refractivity contribution in [3.05, 3.63) is 26.8 Å². The molecule has 0 aromatic heterocycles. The van der Waals surface area contributed by atoms with Crippen LogP contribution in [0.3, 0.4) is 0 Å². The first-order chi connectivity index (χ1) is 6.06. The quantitative estimate of drug-likeness (QED) is 0.487. The molecule has 0 saturated carbocycles. The van der Waals surface area contributed by atoms with Gasteiger partial charge in [-0.05, 0) is 41.6 Å². The molecule has 0 fully saturated rings. The maximum atomic E-state index is 11.0. The number of ketones is 1. The zero-order valence-corrected chi connectivity index (χ0v) is 9.12. The summed E-state index contributed by atoms with van der Waals surface area (Å²) in [6.07, 6.45) is 0. The topological polar surface area (TPSA) is 66.9 Å². The standard InChI is InChI=1S/C9H7IN2O/c1-5(13)6-2-8(10)7(4-11)9(12)3-6/h2-3H,12H2,1H3. The molecule has 0 aliphatic heterocycles. The van der Waals surface area contributed by atoms with Crippen molar-refractivity contribution in [2.75, 3.05) is 5.73 Å². The number of nitriles is 1. The number of hydrogen-bond acceptors (Lipinski definition) is 3. The van der Waals surface area contributed by atoms with E-state index in [-0.39, 0.29) is 5.78 Å². The van der Waals surface area contributed by atoms with Gasteiger partial charge in [0.15, 0.2) is 5.78 Å². The third kappa shape index (κ3) is 1.98. The van der Waals surface area contributed by atoms with Crippen LogP contribution in [0.15, 0.2) is 12.1 Å². The maximum absolute atomic E-state index is 11.0. The van der Waals surface area contributed by atoms with E-state index in [4.69, 9.17) is 11.0 Å². The Balaban J connectivity index is 3.39. The highest BCUT2D eigenvalue weighted by Crippen LogP contribution is 2.20. The predicted octanol–water partition coefficient (Wildman–Crippen LogP) is 1.95. The van der Waals surface area contributed by atoms with Crippen LogP contribution in [0.1, 0.15) is 22.8 Å². The van der Waals surface area contributed by atoms with E-state index >= 15 is 0 Å². The summed E-state index contributed by atoms with van der Waals surface area (Å²) in [5, 5.41) is 8.71. The first-order valence-corrected chi connectivity index (χ1v) is 4.64. The summed E-state index contributed by atoms with van der Waals surface area (Å²) in [4.78, 5) is 11.0. The smallest absolute Gasteiger partial charge is 0.159 e. The van der Waals surface area contributed by atoms with Gasteiger partial charge in [-0.3, -0.25) is 4.79 Å². The minimum atomic E-state index is -0.0471. The Morgan fingerprint density at radius 3 is 2.62 bits per heavy atom. The van der Waals surface area contributed by atoms with E-state index in [0.717, 1.165) is 0 Å². The van der Waals surface area contributed by atoms with Gasteiger partial charge in [0.1, 0.15) is 6.07 Å². The molecule has 0 aliphatic rings. The molecule has 0 saturated heterocycles. The van der Waals surface area contributed by atoms with E-state index in [0.29, 0.717) is 20.4 Å². The number of halogens is 1. The fourth-order valence-corrected chi connectivity index (χ4v) is 1.72. The molecule has 0 aliphatic carbocycles. The number of carbonyl (C=O) groups excluding carboxylic acids is 1. The predicted molar refractivity (Wildman–Crippen MR) is 58.3 cm³/mol. The van der Waals surface area contributed by atoms with Crippen molar-refractivity contribution in [2.45, 2.75) is 6.92 Å². The fraction of sp³-hybridized carbons (Fsp3) is 0.111. The van der Waals surface area contributed by atoms with Gasteiger partial charge < -0.3 is 5.73 Å². The average Bonchev–Trinajstić information content (AvgIpc) is 2.03. The Kier molecular flexibility index (Phi) is 2.88. The highest BCUT2D eigenvalue weighted by atomic mass is 127. The normalized spacial score (nSPS) is 9.31. The number of benzene rings is 1. The molecule has 0 bridgehead atoms. The Bertz CT molecular complexity index is 384. The molecular formula is C9H7IN2O. The lowest BCUT2D eigenvalue weighted by Crippen LogP contribution is -1.99. The largest absolute Gasteiger partial charge is 0.398 e. The van der Waals surface area contributed by atoms with Crippen LogP contribution in [0.5, 0.6) is 0 Å². The number of nitrogens with two attached hydrogens (primary N) is 1. The van der Waals surface area contributed by atoms with Gasteiger partial charge in [0.05, 0.1) is 11.3 Å². The Morgan fingerprint density at radius 1 is 1.62 bits per heavy atom. The van der Waals surface area contributed by atoms with Gasteiger partial charge in [-0.1, -0.05) is 0 Å². The van der Waals surface area contributed by atoms with Gasteiger partial charge in [-0.25, -0.2) is 0 Å². The van der Waals surface area contributed by atoms with Crippen LogP contribution in [0, 0.1) is 14.9 Å². The molecule has 1 aromatic rings. The van der Waals surface area contributed by atoms with Crippen LogP contribution >= 0.6 is 22.6 Å². The highest BCUT2D eigenvalue weighted by Gasteiger charge is 2.08. The fourth-order valence-electron chi connectivity index (χ4n) is 0.949. The van der Waals surface area contributed by atoms with Gasteiger partial charge in [-0.2, -0.15) is 5.26 Å². The molecule has 3 nitrogen and oxygen atoms in total. The Labute approximate surface area is 89.7 Å². The number of rotatable bonds is 1. The second-order valence-corrected chi connectivity index (χ2v) is 3.75. The SMILES string of the molecule is CC(=O)c1cc(N)c(C#N)c(I)c1. The molecule has 0 radical (unpaired) electrons. The molecule has 0 unspecified atom stereocenters. The van der Waals surface area contributed by atoms with Gasteiger partial charge in [0.25, 0.3) is 0 Å². The third-order valence-electron chi connectivity index (χ3n) is 1.64. The summed E-state index contributed by atoms with van der Waals surface area (Å²) < 4.78 is 0.713. The monoisotopic (exact) mass is 286 g/mol. The highest BCUT2D eigenvalue weighted by molar-refractivity contribution is 14.1. The zero-order chi connectivity index (χ0) is 10.0. The van der Waals surface area contributed by atoms with Gasteiger partial charge >= 0.3 is 0 Å². The number of nitrogens with zero attached hydrogens (tertiary/aromatic N) is 1. The van der Waals surface area contributed by atoms with Gasteiger partial charge in [-0.15, -0.1) is 0 Å². The molecule has 13 heavy (non-hydrogen) atoms. The number of hydrogen-bond donors (Lipinski definition) is 1. The van der Waals surface area contributed by atoms with Crippen LogP contribution < -0.4 is 5.73 Å². The van der Waals surface area contributed by atoms with Crippen LogP contribution in [0.4, 0.5) is 5.69 Å². The van der Waals surface area contributed by atoms with Crippen molar-refractivity contribution >= 4 is 34.1 Å². The molecule has 4 heteroatoms. The Hall–Kier alpha value is -1.09. The number of anilines is 1. The van der Waals surface area contributed by atoms with Gasteiger partial charge in [0, 0.05) is 9.13 Å². The molecule has 0 atom stereocenters. The number of Topliss-reactive ketones (excluding diaryl/α,β-unsaturated/α-hetero) is 1. The van der Waals surface area contributed by atoms with Crippen molar-refractivity contribution in [3.63, 3.8) is 0 Å². The van der Waals surface area contributed by atoms with Gasteiger partial charge in [0.2, 0.25) is 0 Å². The molecule has 0 spiro atoms. The first kappa shape index (κ1) is 9.99. The minimum Gasteiger partial charge on any atom is -0.398 e. The van der Waals surface area contributed by atoms with E-state index in [1.165, 1.54) is 13.0 Å². The maximum Gasteiger partial charge on any atom is 0.159 e. The summed E-state index contributed by atoms with van der Waals surface area (Å²) in [6.45, 7) is 1.47. The van der Waals surface area contributed by atoms with E-state index < -0.39 is 0 Å². The number of carbonyl (C=O) groups is 1. The second kappa shape index (κ2) is 3.75. The van der Waals surface area contributed by atoms with Crippen LogP contribution in [-0.4, -0.2) is 5.78 Å². The molecule has 0 heterocycles. The summed E-state index contributed by atoms with van der Waals surface area (Å²) >= 11 is 1.99. The molecule has 1 rings (SSSR count). The molecule has 0 amide bonds. The van der Waals surface area contributed by atoms with Crippen molar-refractivity contribution in [2.24, 2.45) is 0 Å². The Morgan fingerprint density at radius 2 is 2.23 bits per heavy atom. The number of nitrogen functional groups attached to an aromatic ring is 1. The summed E-state index contributed by atoms with van der Waals surface area (Å²) in [7, 11) is 0. The average molecular weight is 286 g/mol. The van der Waals surface area contributed by atoms with Crippen molar-refractivity contribution < 1.29 is 4.79 Å². The minimum absolute atomic E-state index is 0.0471. The first-order valence-electron chi connectivity index (χ1n) is 3.56. The van der Waals surface area contributed by atoms with Crippen LogP contribution in [-0.2, 0) is 0 Å². The summed E-state index contributed by atoms with van der Waals surface area (Å²) in [6, 6.07) is 5.18. The molecule has 1 aromatic carbocycles. The third-order valence-corrected chi connectivity index (χ3v) is 2.49. The lowest BCUT2D eigenvalue weighted by atomic mass is 10.1. The van der Waals surface area contributed by atoms with E-state index in [2.05, 4.69) is 0 Å². The van der Waals surface area contributed by atoms with E-state index in [1.54, 1.807) is 6.07 Å². The van der Waals surface area contributed by atoms with Crippen molar-refractivity contribution in [1.29, 1.82) is 5.26 Å². The zero-order valence-electron chi connectivity index (χ0n) is 6.97. The van der Waals surface area contributed by atoms with E-state index in [9.17, 15) is 4.79 Å². The van der Waals surface area contributed by atoms with Crippen LogP contribution in [0.2, 0.25) is 0 Å². The van der Waals surface area contributed by atoms with Crippen molar-refractivity contribution in [3.8, 4) is 6.07 Å². The second-order valence-electron chi connectivity index (χ2n) is 2.59. The molecule has 2 N–H and O–H groups in total. The van der Waals surface area contributed by atoms with Crippen molar-refractivity contribution in [1.82, 2.24) is 0 Å². The molecule has 66 valence electrons. The van der Waals surface area contributed by atoms with Crippen LogP contribution in [0.25, 0.3) is 0 Å². The lowest BCUT2D eigenvalue weighted by molar-refractivity contribution is 0.101. The molecular weight excluding hydrogens is 279 g/mol. The van der Waals surface area contributed by atoms with E-state index in [1.807, 2.05) is 28.7 Å².